The third kappa shape index (κ3) is 5.55. The molecule has 168 valence electrons. The molecule has 0 fully saturated rings. The molecular weight excluding hydrogens is 507 g/mol. The fourth-order valence-electron chi connectivity index (χ4n) is 3.10. The summed E-state index contributed by atoms with van der Waals surface area (Å²) in [4.78, 5) is 0. The lowest BCUT2D eigenvalue weighted by Gasteiger charge is -2.14. The molecular formula is C24H20BrFN4O2S. The summed E-state index contributed by atoms with van der Waals surface area (Å²) in [7, 11) is 0. The molecule has 0 aliphatic heterocycles. The zero-order valence-corrected chi connectivity index (χ0v) is 20.1. The van der Waals surface area contributed by atoms with Crippen molar-refractivity contribution in [1.82, 2.24) is 14.9 Å². The number of rotatable bonds is 8. The van der Waals surface area contributed by atoms with Crippen molar-refractivity contribution in [3.63, 3.8) is 0 Å². The van der Waals surface area contributed by atoms with Crippen LogP contribution in [0.2, 0.25) is 0 Å². The monoisotopic (exact) mass is 526 g/mol. The topological polar surface area (TPSA) is 64.4 Å². The maximum atomic E-state index is 13.1. The van der Waals surface area contributed by atoms with Gasteiger partial charge in [-0.2, -0.15) is 14.9 Å². The lowest BCUT2D eigenvalue weighted by atomic mass is 10.2. The van der Waals surface area contributed by atoms with E-state index in [-0.39, 0.29) is 12.4 Å². The number of aromatic nitrogens is 3. The van der Waals surface area contributed by atoms with Crippen molar-refractivity contribution in [2.45, 2.75) is 13.5 Å². The summed E-state index contributed by atoms with van der Waals surface area (Å²) in [5.74, 6) is 1.45. The smallest absolute Gasteiger partial charge is 0.216 e. The normalized spacial score (nSPS) is 11.1. The first-order valence-electron chi connectivity index (χ1n) is 10.2. The van der Waals surface area contributed by atoms with E-state index >= 15 is 0 Å². The Balaban J connectivity index is 1.61. The average molecular weight is 527 g/mol. The Morgan fingerprint density at radius 1 is 1.12 bits per heavy atom. The third-order valence-corrected chi connectivity index (χ3v) is 5.49. The number of halogens is 2. The van der Waals surface area contributed by atoms with Gasteiger partial charge in [0, 0.05) is 5.56 Å². The Hall–Kier alpha value is -3.30. The van der Waals surface area contributed by atoms with Crippen molar-refractivity contribution in [3.8, 4) is 22.9 Å². The van der Waals surface area contributed by atoms with Crippen molar-refractivity contribution in [2.24, 2.45) is 5.10 Å². The maximum Gasteiger partial charge on any atom is 0.216 e. The number of ether oxygens (including phenoxy) is 2. The van der Waals surface area contributed by atoms with E-state index in [2.05, 4.69) is 31.2 Å². The largest absolute Gasteiger partial charge is 0.490 e. The fraction of sp³-hybridized carbons (Fsp3) is 0.125. The van der Waals surface area contributed by atoms with E-state index in [0.29, 0.717) is 33.2 Å². The zero-order chi connectivity index (χ0) is 23.2. The van der Waals surface area contributed by atoms with Crippen LogP contribution in [0.5, 0.6) is 11.5 Å². The third-order valence-electron chi connectivity index (χ3n) is 4.63. The fourth-order valence-corrected chi connectivity index (χ4v) is 3.85. The van der Waals surface area contributed by atoms with Gasteiger partial charge < -0.3 is 9.47 Å². The van der Waals surface area contributed by atoms with Gasteiger partial charge in [0.1, 0.15) is 12.4 Å². The van der Waals surface area contributed by atoms with Gasteiger partial charge in [0.15, 0.2) is 17.3 Å². The summed E-state index contributed by atoms with van der Waals surface area (Å²) in [6.07, 6.45) is 1.68. The number of benzene rings is 3. The molecule has 9 heteroatoms. The van der Waals surface area contributed by atoms with Gasteiger partial charge in [-0.15, -0.1) is 0 Å². The molecule has 1 aromatic heterocycles. The predicted octanol–water partition coefficient (Wildman–Crippen LogP) is 6.37. The number of hydrogen-bond acceptors (Lipinski definition) is 5. The second-order valence-electron chi connectivity index (χ2n) is 6.95. The molecule has 3 aromatic carbocycles. The number of nitrogens with zero attached hydrogens (tertiary/aromatic N) is 3. The summed E-state index contributed by atoms with van der Waals surface area (Å²) in [5, 5.41) is 11.6. The van der Waals surface area contributed by atoms with Crippen LogP contribution in [0.1, 0.15) is 18.1 Å². The van der Waals surface area contributed by atoms with Gasteiger partial charge in [-0.1, -0.05) is 42.5 Å². The van der Waals surface area contributed by atoms with Gasteiger partial charge in [0.05, 0.1) is 17.3 Å². The van der Waals surface area contributed by atoms with E-state index in [0.717, 1.165) is 16.7 Å². The van der Waals surface area contributed by atoms with E-state index in [1.807, 2.05) is 49.4 Å². The molecule has 0 bridgehead atoms. The van der Waals surface area contributed by atoms with Gasteiger partial charge in [-0.25, -0.2) is 9.49 Å². The van der Waals surface area contributed by atoms with Crippen LogP contribution in [0.3, 0.4) is 0 Å². The van der Waals surface area contributed by atoms with E-state index in [9.17, 15) is 4.39 Å². The second kappa shape index (κ2) is 10.5. The van der Waals surface area contributed by atoms with Gasteiger partial charge in [-0.05, 0) is 70.5 Å². The SMILES string of the molecule is CCOc1cc(/C=N\n2c(-c3ccccc3)n[nH]c2=S)cc(Br)c1OCc1ccc(F)cc1. The summed E-state index contributed by atoms with van der Waals surface area (Å²) in [6, 6.07) is 19.6. The highest BCUT2D eigenvalue weighted by Crippen LogP contribution is 2.37. The lowest BCUT2D eigenvalue weighted by molar-refractivity contribution is 0.267. The molecule has 33 heavy (non-hydrogen) atoms. The summed E-state index contributed by atoms with van der Waals surface area (Å²) in [5.41, 5.74) is 2.52. The van der Waals surface area contributed by atoms with Crippen LogP contribution in [0.15, 0.2) is 76.3 Å². The first-order valence-corrected chi connectivity index (χ1v) is 11.4. The van der Waals surface area contributed by atoms with Crippen LogP contribution in [-0.4, -0.2) is 27.7 Å². The van der Waals surface area contributed by atoms with Crippen molar-refractivity contribution >= 4 is 34.4 Å². The van der Waals surface area contributed by atoms with Gasteiger partial charge in [0.2, 0.25) is 4.77 Å². The molecule has 0 saturated heterocycles. The molecule has 0 aliphatic rings. The zero-order valence-electron chi connectivity index (χ0n) is 17.7. The highest BCUT2D eigenvalue weighted by molar-refractivity contribution is 9.10. The average Bonchev–Trinajstić information content (AvgIpc) is 3.19. The van der Waals surface area contributed by atoms with E-state index in [1.165, 1.54) is 12.1 Å². The van der Waals surface area contributed by atoms with Crippen LogP contribution in [-0.2, 0) is 6.61 Å². The number of aromatic amines is 1. The molecule has 4 aromatic rings. The Bertz CT molecular complexity index is 1320. The second-order valence-corrected chi connectivity index (χ2v) is 8.19. The predicted molar refractivity (Wildman–Crippen MR) is 132 cm³/mol. The Morgan fingerprint density at radius 2 is 1.88 bits per heavy atom. The minimum absolute atomic E-state index is 0.275. The molecule has 0 spiro atoms. The minimum Gasteiger partial charge on any atom is -0.490 e. The van der Waals surface area contributed by atoms with Crippen LogP contribution in [0.25, 0.3) is 11.4 Å². The summed E-state index contributed by atoms with van der Waals surface area (Å²) in [6.45, 7) is 2.64. The minimum atomic E-state index is -0.285. The van der Waals surface area contributed by atoms with Crippen LogP contribution in [0, 0.1) is 10.6 Å². The molecule has 4 rings (SSSR count). The lowest BCUT2D eigenvalue weighted by Crippen LogP contribution is -2.02. The molecule has 0 unspecified atom stereocenters. The van der Waals surface area contributed by atoms with Crippen molar-refractivity contribution in [3.05, 3.63) is 92.9 Å². The van der Waals surface area contributed by atoms with Crippen LogP contribution in [0.4, 0.5) is 4.39 Å². The maximum absolute atomic E-state index is 13.1. The van der Waals surface area contributed by atoms with Gasteiger partial charge in [0.25, 0.3) is 0 Å². The highest BCUT2D eigenvalue weighted by atomic mass is 79.9. The number of H-pyrrole nitrogens is 1. The van der Waals surface area contributed by atoms with Crippen molar-refractivity contribution in [1.29, 1.82) is 0 Å². The van der Waals surface area contributed by atoms with E-state index < -0.39 is 0 Å². The molecule has 0 saturated carbocycles. The van der Waals surface area contributed by atoms with Gasteiger partial charge in [-0.3, -0.25) is 0 Å². The quantitative estimate of drug-likeness (QED) is 0.214. The molecule has 6 nitrogen and oxygen atoms in total. The van der Waals surface area contributed by atoms with Crippen molar-refractivity contribution in [2.75, 3.05) is 6.61 Å². The first-order chi connectivity index (χ1) is 16.0. The Labute approximate surface area is 203 Å². The van der Waals surface area contributed by atoms with Crippen LogP contribution >= 0.6 is 28.1 Å². The van der Waals surface area contributed by atoms with E-state index in [4.69, 9.17) is 21.7 Å². The van der Waals surface area contributed by atoms with Crippen LogP contribution < -0.4 is 9.47 Å². The molecule has 0 atom stereocenters. The summed E-state index contributed by atoms with van der Waals surface area (Å²) < 4.78 is 27.6. The molecule has 0 radical (unpaired) electrons. The molecule has 1 heterocycles. The first kappa shape index (κ1) is 22.9. The standard InChI is InChI=1S/C24H20BrFN4O2S/c1-2-31-21-13-17(12-20(25)22(21)32-15-16-8-10-19(26)11-9-16)14-27-30-23(28-29-24(30)33)18-6-4-3-5-7-18/h3-14H,2,15H2,1H3,(H,29,33)/b27-14-. The molecule has 1 N–H and O–H groups in total. The number of hydrogen-bond donors (Lipinski definition) is 1. The Morgan fingerprint density at radius 3 is 2.61 bits per heavy atom. The van der Waals surface area contributed by atoms with Gasteiger partial charge >= 0.3 is 0 Å². The molecule has 0 aliphatic carbocycles. The summed E-state index contributed by atoms with van der Waals surface area (Å²) >= 11 is 8.91. The number of nitrogens with one attached hydrogen (secondary N) is 1. The van der Waals surface area contributed by atoms with E-state index in [1.54, 1.807) is 23.0 Å². The van der Waals surface area contributed by atoms with Crippen molar-refractivity contribution < 1.29 is 13.9 Å². The highest BCUT2D eigenvalue weighted by Gasteiger charge is 2.13. The Kier molecular flexibility index (Phi) is 7.31. The molecule has 0 amide bonds.